The molecule has 238 valence electrons. The molecule has 3 aromatic rings. The summed E-state index contributed by atoms with van der Waals surface area (Å²) in [5.41, 5.74) is 2.09. The molecule has 44 heavy (non-hydrogen) atoms. The Hall–Kier alpha value is -3.03. The van der Waals surface area contributed by atoms with Crippen LogP contribution in [0, 0.1) is 24.7 Å². The summed E-state index contributed by atoms with van der Waals surface area (Å²) < 4.78 is 50.3. The van der Waals surface area contributed by atoms with E-state index in [2.05, 4.69) is 29.0 Å². The number of fused-ring (bicyclic) bond motifs is 3. The molecule has 1 saturated carbocycles. The van der Waals surface area contributed by atoms with E-state index in [-0.39, 0.29) is 35.4 Å². The minimum atomic E-state index is -3.89. The van der Waals surface area contributed by atoms with Crippen LogP contribution in [-0.2, 0) is 30.7 Å². The Morgan fingerprint density at radius 2 is 1.89 bits per heavy atom. The highest BCUT2D eigenvalue weighted by molar-refractivity contribution is 7.89. The van der Waals surface area contributed by atoms with Crippen molar-refractivity contribution in [3.8, 4) is 0 Å². The molecule has 3 aliphatic rings. The number of aromatic nitrogens is 1. The quantitative estimate of drug-likeness (QED) is 0.262. The third kappa shape index (κ3) is 7.26. The molecule has 2 aliphatic heterocycles. The fourth-order valence-corrected chi connectivity index (χ4v) is 7.65. The van der Waals surface area contributed by atoms with Crippen LogP contribution in [0.1, 0.15) is 51.0 Å². The second-order valence-corrected chi connectivity index (χ2v) is 14.3. The van der Waals surface area contributed by atoms with Gasteiger partial charge in [-0.15, -0.1) is 4.83 Å². The second-order valence-electron chi connectivity index (χ2n) is 12.7. The van der Waals surface area contributed by atoms with Gasteiger partial charge in [0.2, 0.25) is 0 Å². The Labute approximate surface area is 258 Å². The van der Waals surface area contributed by atoms with Crippen molar-refractivity contribution in [3.05, 3.63) is 60.0 Å². The zero-order valence-corrected chi connectivity index (χ0v) is 26.3. The van der Waals surface area contributed by atoms with E-state index in [0.717, 1.165) is 24.8 Å². The highest BCUT2D eigenvalue weighted by Gasteiger charge is 2.53. The Balaban J connectivity index is 1.14. The Morgan fingerprint density at radius 1 is 1.09 bits per heavy atom. The summed E-state index contributed by atoms with van der Waals surface area (Å²) in [6.07, 6.45) is 2.51. The molecule has 3 bridgehead atoms. The lowest BCUT2D eigenvalue weighted by atomic mass is 9.78. The molecule has 2 saturated heterocycles. The molecular formula is C32H42N4O7S. The highest BCUT2D eigenvalue weighted by atomic mass is 32.2. The van der Waals surface area contributed by atoms with Gasteiger partial charge in [-0.1, -0.05) is 44.2 Å². The third-order valence-electron chi connectivity index (χ3n) is 8.78. The first kappa shape index (κ1) is 31.0. The summed E-state index contributed by atoms with van der Waals surface area (Å²) in [6, 6.07) is 14.3. The van der Waals surface area contributed by atoms with Crippen molar-refractivity contribution in [3.63, 3.8) is 0 Å². The third-order valence-corrected chi connectivity index (χ3v) is 10.2. The van der Waals surface area contributed by atoms with Gasteiger partial charge in [-0.3, -0.25) is 0 Å². The van der Waals surface area contributed by atoms with E-state index in [1.54, 1.807) is 18.0 Å². The van der Waals surface area contributed by atoms with Gasteiger partial charge in [-0.05, 0) is 61.8 Å². The number of carbonyl (C=O) groups is 1. The zero-order chi connectivity index (χ0) is 30.8. The summed E-state index contributed by atoms with van der Waals surface area (Å²) in [7, 11) is -3.89. The van der Waals surface area contributed by atoms with Gasteiger partial charge in [0.05, 0.1) is 17.6 Å². The molecule has 6 atom stereocenters. The van der Waals surface area contributed by atoms with Crippen molar-refractivity contribution in [1.82, 2.24) is 20.1 Å². The SMILES string of the molecule is Cc1nc2cc(S(=O)(=O)NN(CCC(C)C)CC[C@H](Cc3ccccc3)NC(=O)OC3C4COC5OC3CC5C4)ccc2o1. The number of amides is 1. The van der Waals surface area contributed by atoms with Gasteiger partial charge >= 0.3 is 6.09 Å². The van der Waals surface area contributed by atoms with Crippen LogP contribution in [0.25, 0.3) is 11.1 Å². The lowest BCUT2D eigenvalue weighted by Gasteiger charge is -2.36. The van der Waals surface area contributed by atoms with Gasteiger partial charge in [-0.25, -0.2) is 23.2 Å². The molecule has 1 amide bonds. The smallest absolute Gasteiger partial charge is 0.407 e. The van der Waals surface area contributed by atoms with Crippen LogP contribution < -0.4 is 10.1 Å². The van der Waals surface area contributed by atoms with Crippen molar-refractivity contribution in [2.75, 3.05) is 19.7 Å². The van der Waals surface area contributed by atoms with Crippen molar-refractivity contribution < 1.29 is 31.8 Å². The molecule has 0 spiro atoms. The summed E-state index contributed by atoms with van der Waals surface area (Å²) in [5, 5.41) is 4.81. The van der Waals surface area contributed by atoms with E-state index >= 15 is 0 Å². The van der Waals surface area contributed by atoms with Gasteiger partial charge < -0.3 is 23.9 Å². The number of hydrazine groups is 1. The summed E-state index contributed by atoms with van der Waals surface area (Å²) in [6.45, 7) is 7.35. The van der Waals surface area contributed by atoms with Crippen molar-refractivity contribution in [1.29, 1.82) is 0 Å². The molecule has 2 N–H and O–H groups in total. The molecule has 1 aromatic heterocycles. The van der Waals surface area contributed by atoms with Crippen LogP contribution >= 0.6 is 0 Å². The van der Waals surface area contributed by atoms with Crippen LogP contribution in [0.4, 0.5) is 4.79 Å². The number of rotatable bonds is 13. The standard InChI is InChI=1S/C32H42N4O7S/c1-20(2)11-13-36(35-44(38,39)26-9-10-28-27(18-26)33-21(3)41-28)14-12-25(15-22-7-5-4-6-8-22)34-32(37)43-30-24-16-23-17-29(30)42-31(23)40-19-24/h4-10,18,20,23-25,29-31,35H,11-17,19H2,1-3H3,(H,34,37)/t23?,24?,25-,29?,30?,31?/m1/s1. The number of benzene rings is 2. The van der Waals surface area contributed by atoms with Crippen LogP contribution in [0.2, 0.25) is 0 Å². The number of ether oxygens (including phenoxy) is 3. The maximum atomic E-state index is 13.5. The van der Waals surface area contributed by atoms with Crippen LogP contribution in [0.15, 0.2) is 57.8 Å². The largest absolute Gasteiger partial charge is 0.443 e. The van der Waals surface area contributed by atoms with Gasteiger partial charge in [0.25, 0.3) is 10.0 Å². The normalized spacial score (nSPS) is 25.2. The molecule has 12 heteroatoms. The highest BCUT2D eigenvalue weighted by Crippen LogP contribution is 2.46. The first-order chi connectivity index (χ1) is 21.1. The number of nitrogens with one attached hydrogen (secondary N) is 2. The van der Waals surface area contributed by atoms with E-state index in [9.17, 15) is 13.2 Å². The van der Waals surface area contributed by atoms with E-state index < -0.39 is 16.1 Å². The van der Waals surface area contributed by atoms with E-state index in [1.165, 1.54) is 12.1 Å². The number of sulfonamides is 1. The summed E-state index contributed by atoms with van der Waals surface area (Å²) >= 11 is 0. The molecule has 11 nitrogen and oxygen atoms in total. The molecule has 6 rings (SSSR count). The number of carbonyl (C=O) groups excluding carboxylic acids is 1. The molecule has 3 fully saturated rings. The lowest BCUT2D eigenvalue weighted by molar-refractivity contribution is -0.153. The predicted octanol–water partition coefficient (Wildman–Crippen LogP) is 4.56. The first-order valence-corrected chi connectivity index (χ1v) is 17.0. The molecule has 3 heterocycles. The van der Waals surface area contributed by atoms with Gasteiger partial charge in [0.1, 0.15) is 11.6 Å². The van der Waals surface area contributed by atoms with Gasteiger partial charge in [0.15, 0.2) is 17.8 Å². The number of hydrogen-bond donors (Lipinski definition) is 2. The molecule has 2 aromatic carbocycles. The van der Waals surface area contributed by atoms with Crippen molar-refractivity contribution >= 4 is 27.2 Å². The number of nitrogens with zero attached hydrogens (tertiary/aromatic N) is 2. The van der Waals surface area contributed by atoms with Crippen molar-refractivity contribution in [2.45, 2.75) is 82.3 Å². The number of oxazole rings is 1. The monoisotopic (exact) mass is 626 g/mol. The molecule has 1 aliphatic carbocycles. The lowest BCUT2D eigenvalue weighted by Crippen LogP contribution is -2.49. The van der Waals surface area contributed by atoms with Crippen LogP contribution in [0.3, 0.4) is 0 Å². The van der Waals surface area contributed by atoms with Gasteiger partial charge in [-0.2, -0.15) is 0 Å². The maximum Gasteiger partial charge on any atom is 0.407 e. The molecule has 0 radical (unpaired) electrons. The molecular weight excluding hydrogens is 584 g/mol. The average molecular weight is 627 g/mol. The maximum absolute atomic E-state index is 13.5. The average Bonchev–Trinajstić information content (AvgIpc) is 3.51. The fraction of sp³-hybridized carbons (Fsp3) is 0.562. The number of alkyl carbamates (subject to hydrolysis) is 1. The van der Waals surface area contributed by atoms with Crippen LogP contribution in [-0.4, -0.2) is 68.7 Å². The Bertz CT molecular complexity index is 1540. The summed E-state index contributed by atoms with van der Waals surface area (Å²) in [5.74, 6) is 1.37. The minimum absolute atomic E-state index is 0.109. The first-order valence-electron chi connectivity index (χ1n) is 15.6. The predicted molar refractivity (Wildman–Crippen MR) is 163 cm³/mol. The Kier molecular flexibility index (Phi) is 9.25. The van der Waals surface area contributed by atoms with E-state index in [0.29, 0.717) is 61.4 Å². The second kappa shape index (κ2) is 13.1. The van der Waals surface area contributed by atoms with E-state index in [1.807, 2.05) is 30.3 Å². The van der Waals surface area contributed by atoms with Crippen LogP contribution in [0.5, 0.6) is 0 Å². The van der Waals surface area contributed by atoms with Gasteiger partial charge in [0, 0.05) is 37.9 Å². The summed E-state index contributed by atoms with van der Waals surface area (Å²) in [4.78, 5) is 20.4. The van der Waals surface area contributed by atoms with Crippen molar-refractivity contribution in [2.24, 2.45) is 17.8 Å². The number of aryl methyl sites for hydroxylation is 1. The zero-order valence-electron chi connectivity index (χ0n) is 25.5. The molecule has 5 unspecified atom stereocenters. The topological polar surface area (TPSA) is 132 Å². The number of hydrogen-bond acceptors (Lipinski definition) is 9. The van der Waals surface area contributed by atoms with E-state index in [4.69, 9.17) is 18.6 Å². The Morgan fingerprint density at radius 3 is 2.68 bits per heavy atom. The minimum Gasteiger partial charge on any atom is -0.443 e. The fourth-order valence-electron chi connectivity index (χ4n) is 6.51.